The first-order chi connectivity index (χ1) is 38.9. The first kappa shape index (κ1) is 67.0. The van der Waals surface area contributed by atoms with E-state index in [0.717, 1.165) is 17.6 Å². The number of rotatable bonds is 8. The van der Waals surface area contributed by atoms with E-state index in [1.54, 1.807) is 83.5 Å². The predicted molar refractivity (Wildman–Crippen MR) is 312 cm³/mol. The molecule has 6 rings (SSSR count). The highest BCUT2D eigenvalue weighted by atomic mass is 16.6. The Bertz CT molecular complexity index is 2580. The van der Waals surface area contributed by atoms with Crippen molar-refractivity contribution in [3.8, 4) is 17.2 Å². The smallest absolute Gasteiger partial charge is 0.329 e. The lowest BCUT2D eigenvalue weighted by Gasteiger charge is -2.42. The van der Waals surface area contributed by atoms with Crippen molar-refractivity contribution >= 4 is 41.4 Å². The lowest BCUT2D eigenvalue weighted by molar-refractivity contribution is -0.265. The molecule has 2 saturated heterocycles. The topological polar surface area (TPSA) is 256 Å². The van der Waals surface area contributed by atoms with Crippen LogP contribution >= 0.6 is 0 Å². The van der Waals surface area contributed by atoms with Crippen molar-refractivity contribution < 1.29 is 78.3 Å². The maximum absolute atomic E-state index is 14.4. The van der Waals surface area contributed by atoms with Gasteiger partial charge >= 0.3 is 5.97 Å². The number of Topliss-reactive ketones (excluding diaryl/α,β-unsaturated/α-hetero) is 3. The fourth-order valence-corrected chi connectivity index (χ4v) is 11.6. The summed E-state index contributed by atoms with van der Waals surface area (Å²) >= 11 is 0. The third-order valence-corrected chi connectivity index (χ3v) is 16.8. The zero-order valence-corrected chi connectivity index (χ0v) is 49.6. The number of aromatic hydroxyl groups is 3. The van der Waals surface area contributed by atoms with Gasteiger partial charge in [-0.3, -0.25) is 19.2 Å². The van der Waals surface area contributed by atoms with Crippen molar-refractivity contribution in [2.75, 3.05) is 27.9 Å². The van der Waals surface area contributed by atoms with Crippen LogP contribution in [0, 0.1) is 35.5 Å². The average Bonchev–Trinajstić information content (AvgIpc) is 3.65. The van der Waals surface area contributed by atoms with Gasteiger partial charge in [0, 0.05) is 64.5 Å². The molecule has 1 saturated carbocycles. The Balaban J connectivity index is 0.000000613. The number of methoxy groups -OCH3 is 3. The summed E-state index contributed by atoms with van der Waals surface area (Å²) in [5.41, 5.74) is 2.89. The number of carbonyl (C=O) groups is 5. The van der Waals surface area contributed by atoms with Gasteiger partial charge in [0.25, 0.3) is 11.7 Å². The van der Waals surface area contributed by atoms with E-state index >= 15 is 0 Å². The molecule has 1 aliphatic carbocycles. The van der Waals surface area contributed by atoms with Crippen LogP contribution in [0.5, 0.6) is 17.2 Å². The summed E-state index contributed by atoms with van der Waals surface area (Å²) in [5.74, 6) is -7.69. The van der Waals surface area contributed by atoms with Gasteiger partial charge in [-0.25, -0.2) is 4.79 Å². The van der Waals surface area contributed by atoms with Crippen LogP contribution in [0.1, 0.15) is 137 Å². The predicted octanol–water partition coefficient (Wildman–Crippen LogP) is 9.15. The number of allylic oxidation sites excluding steroid dienone is 6. The summed E-state index contributed by atoms with van der Waals surface area (Å²) in [6, 6.07) is 9.98. The molecule has 17 nitrogen and oxygen atoms in total. The molecule has 2 bridgehead atoms. The number of aliphatic hydroxyl groups is 3. The van der Waals surface area contributed by atoms with Crippen LogP contribution in [0.15, 0.2) is 90.1 Å². The molecule has 17 heteroatoms. The highest BCUT2D eigenvalue weighted by Gasteiger charge is 2.53. The minimum atomic E-state index is -2.43. The molecule has 0 aromatic heterocycles. The van der Waals surface area contributed by atoms with E-state index in [2.05, 4.69) is 0 Å². The summed E-state index contributed by atoms with van der Waals surface area (Å²) in [6.45, 7) is 12.7. The van der Waals surface area contributed by atoms with E-state index in [-0.39, 0.29) is 72.1 Å². The Labute approximate surface area is 484 Å². The second kappa shape index (κ2) is 31.8. The average molecular weight is 1140 g/mol. The molecule has 3 aliphatic heterocycles. The first-order valence-electron chi connectivity index (χ1n) is 29.1. The Morgan fingerprint density at radius 2 is 1.44 bits per heavy atom. The van der Waals surface area contributed by atoms with Gasteiger partial charge in [0.2, 0.25) is 5.79 Å². The second-order valence-electron chi connectivity index (χ2n) is 23.3. The third kappa shape index (κ3) is 18.9. The number of fused-ring (bicyclic) bond motifs is 3. The van der Waals surface area contributed by atoms with Crippen molar-refractivity contribution in [1.29, 1.82) is 0 Å². The van der Waals surface area contributed by atoms with Crippen LogP contribution in [0.3, 0.4) is 0 Å². The number of benzene rings is 2. The number of aliphatic hydroxyl groups excluding tert-OH is 2. The van der Waals surface area contributed by atoms with Gasteiger partial charge in [-0.05, 0) is 142 Å². The number of ketones is 3. The number of cyclic esters (lactones) is 1. The van der Waals surface area contributed by atoms with Crippen molar-refractivity contribution in [2.24, 2.45) is 35.5 Å². The molecule has 0 unspecified atom stereocenters. The number of phenolic OH excluding ortho intramolecular Hbond substituents is 3. The van der Waals surface area contributed by atoms with Crippen molar-refractivity contribution in [3.05, 3.63) is 101 Å². The number of ether oxygens (including phenoxy) is 5. The van der Waals surface area contributed by atoms with Gasteiger partial charge in [-0.2, -0.15) is 0 Å². The van der Waals surface area contributed by atoms with Crippen molar-refractivity contribution in [3.63, 3.8) is 0 Å². The lowest BCUT2D eigenvalue weighted by Crippen LogP contribution is -2.61. The largest absolute Gasteiger partial charge is 0.508 e. The van der Waals surface area contributed by atoms with Crippen LogP contribution in [0.2, 0.25) is 0 Å². The normalized spacial score (nSPS) is 34.3. The Hall–Kier alpha value is -5.79. The highest BCUT2D eigenvalue weighted by molar-refractivity contribution is 6.39. The highest BCUT2D eigenvalue weighted by Crippen LogP contribution is 2.38. The quantitative estimate of drug-likeness (QED) is 0.0623. The lowest BCUT2D eigenvalue weighted by atomic mass is 9.78. The number of esters is 1. The molecule has 2 aromatic carbocycles. The molecule has 4 aliphatic rings. The molecule has 3 heterocycles. The number of hydrogen-bond acceptors (Lipinski definition) is 16. The van der Waals surface area contributed by atoms with Gasteiger partial charge in [-0.15, -0.1) is 0 Å². The van der Waals surface area contributed by atoms with Crippen LogP contribution in [-0.2, 0) is 47.7 Å². The zero-order chi connectivity index (χ0) is 60.4. The van der Waals surface area contributed by atoms with Crippen LogP contribution < -0.4 is 0 Å². The van der Waals surface area contributed by atoms with E-state index in [4.69, 9.17) is 28.8 Å². The molecule has 2 aromatic rings. The molecule has 1 amide bonds. The van der Waals surface area contributed by atoms with Crippen LogP contribution in [0.25, 0.3) is 12.2 Å². The summed E-state index contributed by atoms with van der Waals surface area (Å²) in [7, 11) is 4.52. The Morgan fingerprint density at radius 1 is 0.756 bits per heavy atom. The number of carbonyl (C=O) groups excluding carboxylic acids is 5. The molecule has 3 fully saturated rings. The minimum absolute atomic E-state index is 0.0193. The first-order valence-corrected chi connectivity index (χ1v) is 29.1. The van der Waals surface area contributed by atoms with Crippen LogP contribution in [-0.4, -0.2) is 147 Å². The van der Waals surface area contributed by atoms with Gasteiger partial charge in [0.1, 0.15) is 47.4 Å². The molecule has 15 atom stereocenters. The second-order valence-corrected chi connectivity index (χ2v) is 23.3. The molecular weight excluding hydrogens is 1050 g/mol. The van der Waals surface area contributed by atoms with Gasteiger partial charge < -0.3 is 59.2 Å². The van der Waals surface area contributed by atoms with Crippen molar-refractivity contribution in [2.45, 2.75) is 180 Å². The fourth-order valence-electron chi connectivity index (χ4n) is 11.6. The zero-order valence-electron chi connectivity index (χ0n) is 49.6. The number of hydrogen-bond donors (Lipinski definition) is 6. The molecule has 452 valence electrons. The molecule has 0 radical (unpaired) electrons. The monoisotopic (exact) mass is 1140 g/mol. The van der Waals surface area contributed by atoms with E-state index in [0.29, 0.717) is 68.9 Å². The summed E-state index contributed by atoms with van der Waals surface area (Å²) in [5, 5.41) is 61.6. The van der Waals surface area contributed by atoms with Gasteiger partial charge in [0.05, 0.1) is 24.4 Å². The molecular formula is C65H91NO16. The number of phenols is 3. The fraction of sp³-hybridized carbons (Fsp3) is 0.585. The summed E-state index contributed by atoms with van der Waals surface area (Å²) in [4.78, 5) is 71.8. The van der Waals surface area contributed by atoms with Crippen LogP contribution in [0.4, 0.5) is 0 Å². The van der Waals surface area contributed by atoms with Gasteiger partial charge in [0.15, 0.2) is 5.78 Å². The van der Waals surface area contributed by atoms with Crippen molar-refractivity contribution in [1.82, 2.24) is 4.90 Å². The molecule has 6 N–H and O–H groups in total. The molecule has 82 heavy (non-hydrogen) atoms. The number of nitrogens with zero attached hydrogens (tertiary/aromatic N) is 1. The van der Waals surface area contributed by atoms with E-state index in [1.807, 2.05) is 64.2 Å². The molecule has 0 spiro atoms. The van der Waals surface area contributed by atoms with Gasteiger partial charge in [-0.1, -0.05) is 95.4 Å². The summed E-state index contributed by atoms with van der Waals surface area (Å²) < 4.78 is 29.4. The maximum atomic E-state index is 14.4. The SMILES string of the molecule is CO[C@H]1C[C@@H]2CC[C@@H](C)[C@@](O)(O2)C(=O)C(=O)N2CCCC[C@H]2C(=O)O[C@H]([C@H](C)C[C@@H]2CC[C@@H](O)[C@H](OC)C2)CC(=O)[C@H](C)/C=C(\C)[C@@H](O)[C@@H](OC)C(=O)[C@H](C)C[C@H](C)/C=C/C=C/C=C/1C.Oc1ccc(/C=C/c2cc(O)cc(O)c2)cc1. The maximum Gasteiger partial charge on any atom is 0.329 e. The standard InChI is InChI=1S/C51H79NO13.C14H12O3/c1-30-16-12-11-13-17-31(2)42(61-8)28-38-21-19-36(7)51(60,65-38)48(57)49(58)52-23-15-14-18-39(52)50(59)64-43(33(4)26-37-20-22-40(53)44(27-37)62-9)29-41(54)32(3)25-35(6)46(56)47(63-10)45(55)34(5)24-30;15-12-5-3-10(4-6-12)1-2-11-7-13(16)9-14(17)8-11/h11-13,16-17,25,30,32-34,36-40,42-44,46-47,53,56,60H,14-15,18-24,26-29H2,1-10H3;1-9,15-17H/b13-11+,16-12+,31-17+,35-25+;2-1+/t30-,32-,33-,34-,36-,37+,38+,39+,40-,42+,43+,44-,46-,47+,51-;/m1./s1. The Morgan fingerprint density at radius 3 is 2.10 bits per heavy atom. The number of amides is 1. The van der Waals surface area contributed by atoms with E-state index < -0.39 is 83.9 Å². The Kier molecular flexibility index (Phi) is 25.9. The minimum Gasteiger partial charge on any atom is -0.508 e. The van der Waals surface area contributed by atoms with E-state index in [9.17, 15) is 49.5 Å². The third-order valence-electron chi connectivity index (χ3n) is 16.8. The number of piperidine rings is 1. The van der Waals surface area contributed by atoms with E-state index in [1.165, 1.54) is 18.1 Å². The summed E-state index contributed by atoms with van der Waals surface area (Å²) in [6.07, 6.45) is 14.8.